The lowest BCUT2D eigenvalue weighted by Gasteiger charge is -2.30. The fourth-order valence-electron chi connectivity index (χ4n) is 2.60. The Bertz CT molecular complexity index is 679. The van der Waals surface area contributed by atoms with Crippen LogP contribution < -0.4 is 5.73 Å². The predicted molar refractivity (Wildman–Crippen MR) is 72.1 cm³/mol. The molecule has 3 rings (SSSR count). The molecule has 2 aromatic heterocycles. The molecule has 0 aliphatic carbocycles. The van der Waals surface area contributed by atoms with E-state index in [1.807, 2.05) is 0 Å². The summed E-state index contributed by atoms with van der Waals surface area (Å²) in [6.07, 6.45) is -1.11. The molecule has 0 radical (unpaired) electrons. The Labute approximate surface area is 124 Å². The van der Waals surface area contributed by atoms with E-state index in [2.05, 4.69) is 9.97 Å². The molecule has 6 N–H and O–H groups in total. The fourth-order valence-corrected chi connectivity index (χ4v) is 2.60. The average Bonchev–Trinajstić information content (AvgIpc) is 3.02. The van der Waals surface area contributed by atoms with Gasteiger partial charge in [0, 0.05) is 6.20 Å². The van der Waals surface area contributed by atoms with Gasteiger partial charge in [-0.3, -0.25) is 0 Å². The van der Waals surface area contributed by atoms with Gasteiger partial charge in [0.2, 0.25) is 5.79 Å². The molecule has 0 saturated carbocycles. The summed E-state index contributed by atoms with van der Waals surface area (Å²) in [4.78, 5) is 7.92. The van der Waals surface area contributed by atoms with Gasteiger partial charge in [0.15, 0.2) is 6.23 Å². The summed E-state index contributed by atoms with van der Waals surface area (Å²) in [5.74, 6) is -2.01. The second-order valence-electron chi connectivity index (χ2n) is 4.90. The normalized spacial score (nSPS) is 31.9. The molecule has 0 spiro atoms. The summed E-state index contributed by atoms with van der Waals surface area (Å²) in [6.45, 7) is -1.38. The van der Waals surface area contributed by atoms with Crippen molar-refractivity contribution in [3.05, 3.63) is 18.6 Å². The Morgan fingerprint density at radius 2 is 2.18 bits per heavy atom. The van der Waals surface area contributed by atoms with Crippen LogP contribution in [0.2, 0.25) is 0 Å². The molecule has 2 aromatic rings. The lowest BCUT2D eigenvalue weighted by atomic mass is 10.1. The second-order valence-corrected chi connectivity index (χ2v) is 4.90. The molecule has 10 nitrogen and oxygen atoms in total. The standard InChI is InChI=1S/C12H16N4O6/c13-9-6-1-2-16(10(6)15-4-14-9)11-12(20,21-5-18)8(19)7(3-17)22-11/h1-2,4,7-8,11,17-20H,3,5H2,(H2,13,14,15)/t7-,8-,11?,12+/m1/s1. The SMILES string of the molecule is Nc1ncnc2c1ccn2C1O[C@H](CO)[C@@H](O)[C@]1(O)OCO. The van der Waals surface area contributed by atoms with Crippen molar-refractivity contribution in [2.75, 3.05) is 19.1 Å². The second kappa shape index (κ2) is 5.43. The van der Waals surface area contributed by atoms with Crippen LogP contribution in [0, 0.1) is 0 Å². The average molecular weight is 312 g/mol. The van der Waals surface area contributed by atoms with Gasteiger partial charge in [-0.15, -0.1) is 0 Å². The monoisotopic (exact) mass is 312 g/mol. The van der Waals surface area contributed by atoms with Crippen LogP contribution in [-0.2, 0) is 9.47 Å². The third-order valence-corrected chi connectivity index (χ3v) is 3.70. The number of aromatic nitrogens is 3. The minimum Gasteiger partial charge on any atom is -0.394 e. The van der Waals surface area contributed by atoms with E-state index in [0.717, 1.165) is 0 Å². The van der Waals surface area contributed by atoms with Crippen LogP contribution in [0.3, 0.4) is 0 Å². The van der Waals surface area contributed by atoms with E-state index >= 15 is 0 Å². The number of hydrogen-bond acceptors (Lipinski definition) is 9. The van der Waals surface area contributed by atoms with Gasteiger partial charge in [-0.25, -0.2) is 9.97 Å². The van der Waals surface area contributed by atoms with Crippen LogP contribution in [0.15, 0.2) is 18.6 Å². The first kappa shape index (κ1) is 15.1. The third kappa shape index (κ3) is 2.05. The van der Waals surface area contributed by atoms with Crippen LogP contribution in [0.1, 0.15) is 6.23 Å². The van der Waals surface area contributed by atoms with Crippen molar-refractivity contribution < 1.29 is 29.9 Å². The molecular weight excluding hydrogens is 296 g/mol. The van der Waals surface area contributed by atoms with E-state index < -0.39 is 37.6 Å². The van der Waals surface area contributed by atoms with Crippen molar-refractivity contribution in [2.45, 2.75) is 24.2 Å². The minimum atomic E-state index is -2.26. The zero-order valence-electron chi connectivity index (χ0n) is 11.4. The third-order valence-electron chi connectivity index (χ3n) is 3.70. The predicted octanol–water partition coefficient (Wildman–Crippen LogP) is -2.08. The van der Waals surface area contributed by atoms with Crippen molar-refractivity contribution >= 4 is 16.9 Å². The Balaban J connectivity index is 2.09. The maximum atomic E-state index is 10.6. The molecule has 22 heavy (non-hydrogen) atoms. The van der Waals surface area contributed by atoms with Crippen molar-refractivity contribution in [3.63, 3.8) is 0 Å². The maximum absolute atomic E-state index is 10.6. The number of aliphatic hydroxyl groups is 4. The number of anilines is 1. The minimum absolute atomic E-state index is 0.243. The lowest BCUT2D eigenvalue weighted by molar-refractivity contribution is -0.299. The van der Waals surface area contributed by atoms with E-state index in [9.17, 15) is 15.3 Å². The van der Waals surface area contributed by atoms with Crippen molar-refractivity contribution in [2.24, 2.45) is 0 Å². The van der Waals surface area contributed by atoms with Gasteiger partial charge in [-0.1, -0.05) is 0 Å². The Morgan fingerprint density at radius 3 is 2.86 bits per heavy atom. The van der Waals surface area contributed by atoms with Crippen LogP contribution in [0.5, 0.6) is 0 Å². The van der Waals surface area contributed by atoms with Crippen LogP contribution in [0.4, 0.5) is 5.82 Å². The van der Waals surface area contributed by atoms with E-state index in [-0.39, 0.29) is 5.82 Å². The molecule has 1 unspecified atom stereocenters. The molecule has 0 amide bonds. The Morgan fingerprint density at radius 1 is 1.41 bits per heavy atom. The summed E-state index contributed by atoms with van der Waals surface area (Å²) in [6, 6.07) is 1.62. The summed E-state index contributed by atoms with van der Waals surface area (Å²) < 4.78 is 11.7. The summed E-state index contributed by atoms with van der Waals surface area (Å²) >= 11 is 0. The molecular formula is C12H16N4O6. The van der Waals surface area contributed by atoms with E-state index in [0.29, 0.717) is 11.0 Å². The van der Waals surface area contributed by atoms with Crippen LogP contribution in [0.25, 0.3) is 11.0 Å². The van der Waals surface area contributed by atoms with Crippen LogP contribution >= 0.6 is 0 Å². The molecule has 1 fully saturated rings. The van der Waals surface area contributed by atoms with Crippen molar-refractivity contribution in [1.29, 1.82) is 0 Å². The number of aliphatic hydroxyl groups excluding tert-OH is 3. The Kier molecular flexibility index (Phi) is 3.72. The van der Waals surface area contributed by atoms with E-state index in [1.54, 1.807) is 6.07 Å². The first-order valence-electron chi connectivity index (χ1n) is 6.51. The molecule has 0 bridgehead atoms. The number of rotatable bonds is 4. The van der Waals surface area contributed by atoms with Gasteiger partial charge in [-0.2, -0.15) is 0 Å². The van der Waals surface area contributed by atoms with Crippen molar-refractivity contribution in [1.82, 2.24) is 14.5 Å². The van der Waals surface area contributed by atoms with E-state index in [4.69, 9.17) is 20.3 Å². The quantitative estimate of drug-likeness (QED) is 0.400. The molecule has 1 aliphatic rings. The van der Waals surface area contributed by atoms with Gasteiger partial charge in [0.05, 0.1) is 12.0 Å². The molecule has 0 aromatic carbocycles. The molecule has 3 heterocycles. The molecule has 10 heteroatoms. The van der Waals surface area contributed by atoms with Gasteiger partial charge >= 0.3 is 0 Å². The maximum Gasteiger partial charge on any atom is 0.243 e. The number of nitrogens with zero attached hydrogens (tertiary/aromatic N) is 3. The molecule has 120 valence electrons. The van der Waals surface area contributed by atoms with E-state index in [1.165, 1.54) is 17.1 Å². The number of nitrogen functional groups attached to an aromatic ring is 1. The first-order chi connectivity index (χ1) is 10.5. The van der Waals surface area contributed by atoms with Crippen molar-refractivity contribution in [3.8, 4) is 0 Å². The highest BCUT2D eigenvalue weighted by Gasteiger charge is 2.57. The molecule has 1 saturated heterocycles. The highest BCUT2D eigenvalue weighted by atomic mass is 16.7. The number of ether oxygens (including phenoxy) is 2. The molecule has 4 atom stereocenters. The van der Waals surface area contributed by atoms with Gasteiger partial charge in [0.1, 0.15) is 36.8 Å². The number of nitrogens with two attached hydrogens (primary N) is 1. The number of hydrogen-bond donors (Lipinski definition) is 5. The smallest absolute Gasteiger partial charge is 0.243 e. The lowest BCUT2D eigenvalue weighted by Crippen LogP contribution is -2.49. The van der Waals surface area contributed by atoms with Crippen LogP contribution in [-0.4, -0.2) is 66.4 Å². The molecule has 1 aliphatic heterocycles. The summed E-state index contributed by atoms with van der Waals surface area (Å²) in [5.41, 5.74) is 6.10. The summed E-state index contributed by atoms with van der Waals surface area (Å²) in [5, 5.41) is 39.4. The fraction of sp³-hybridized carbons (Fsp3) is 0.500. The topological polar surface area (TPSA) is 156 Å². The largest absolute Gasteiger partial charge is 0.394 e. The summed E-state index contributed by atoms with van der Waals surface area (Å²) in [7, 11) is 0. The van der Waals surface area contributed by atoms with Gasteiger partial charge in [0.25, 0.3) is 0 Å². The zero-order valence-corrected chi connectivity index (χ0v) is 11.4. The zero-order chi connectivity index (χ0) is 15.9. The van der Waals surface area contributed by atoms with Gasteiger partial charge < -0.3 is 40.2 Å². The first-order valence-corrected chi connectivity index (χ1v) is 6.51. The van der Waals surface area contributed by atoms with Gasteiger partial charge in [-0.05, 0) is 6.07 Å². The highest BCUT2D eigenvalue weighted by molar-refractivity contribution is 5.86. The Hall–Kier alpha value is -1.82. The highest BCUT2D eigenvalue weighted by Crippen LogP contribution is 2.40. The number of fused-ring (bicyclic) bond motifs is 1.